The van der Waals surface area contributed by atoms with E-state index in [1.807, 2.05) is 0 Å². The summed E-state index contributed by atoms with van der Waals surface area (Å²) in [5, 5.41) is 39.0. The quantitative estimate of drug-likeness (QED) is 0.375. The monoisotopic (exact) mass is 410 g/mol. The highest BCUT2D eigenvalue weighted by Gasteiger charge is 2.21. The van der Waals surface area contributed by atoms with Crippen LogP contribution in [0.2, 0.25) is 0 Å². The fourth-order valence-corrected chi connectivity index (χ4v) is 3.04. The van der Waals surface area contributed by atoms with Gasteiger partial charge in [-0.1, -0.05) is 12.1 Å². The Kier molecular flexibility index (Phi) is 4.67. The zero-order valence-corrected chi connectivity index (χ0v) is 15.3. The molecule has 0 saturated heterocycles. The maximum absolute atomic E-state index is 13.5. The van der Waals surface area contributed by atoms with Gasteiger partial charge in [0.1, 0.15) is 34.9 Å². The number of aromatic hydroxyl groups is 4. The summed E-state index contributed by atoms with van der Waals surface area (Å²) in [4.78, 5) is 13.1. The van der Waals surface area contributed by atoms with Crippen molar-refractivity contribution in [2.45, 2.75) is 6.61 Å². The van der Waals surface area contributed by atoms with Crippen LogP contribution in [-0.4, -0.2) is 20.4 Å². The average Bonchev–Trinajstić information content (AvgIpc) is 2.68. The number of halogens is 1. The van der Waals surface area contributed by atoms with E-state index >= 15 is 0 Å². The van der Waals surface area contributed by atoms with Crippen LogP contribution in [0, 0.1) is 5.82 Å². The van der Waals surface area contributed by atoms with Crippen molar-refractivity contribution in [1.82, 2.24) is 0 Å². The first-order chi connectivity index (χ1) is 14.3. The molecule has 0 saturated carbocycles. The molecular weight excluding hydrogens is 395 g/mol. The highest BCUT2D eigenvalue weighted by molar-refractivity contribution is 5.88. The van der Waals surface area contributed by atoms with E-state index in [0.717, 1.165) is 18.2 Å². The Hall–Kier alpha value is -4.20. The fourth-order valence-electron chi connectivity index (χ4n) is 3.04. The molecule has 1 aromatic heterocycles. The number of ether oxygens (including phenoxy) is 1. The molecule has 0 atom stereocenters. The van der Waals surface area contributed by atoms with Gasteiger partial charge in [-0.3, -0.25) is 4.79 Å². The topological polar surface area (TPSA) is 120 Å². The van der Waals surface area contributed by atoms with Crippen LogP contribution in [-0.2, 0) is 6.61 Å². The van der Waals surface area contributed by atoms with Crippen molar-refractivity contribution in [3.8, 4) is 40.1 Å². The smallest absolute Gasteiger partial charge is 0.239 e. The van der Waals surface area contributed by atoms with E-state index in [4.69, 9.17) is 9.15 Å². The molecule has 3 aromatic carbocycles. The predicted octanol–water partition coefficient (Wildman–Crippen LogP) is 4.00. The van der Waals surface area contributed by atoms with Crippen molar-refractivity contribution < 1.29 is 34.0 Å². The lowest BCUT2D eigenvalue weighted by molar-refractivity contribution is 0.297. The minimum atomic E-state index is -0.729. The molecule has 0 unspecified atom stereocenters. The Bertz CT molecular complexity index is 1330. The van der Waals surface area contributed by atoms with Crippen LogP contribution in [0.25, 0.3) is 22.3 Å². The molecule has 0 aliphatic heterocycles. The van der Waals surface area contributed by atoms with Crippen molar-refractivity contribution >= 4 is 11.0 Å². The van der Waals surface area contributed by atoms with E-state index in [1.165, 1.54) is 30.3 Å². The highest BCUT2D eigenvalue weighted by Crippen LogP contribution is 2.38. The summed E-state index contributed by atoms with van der Waals surface area (Å²) in [6.45, 7) is -0.177. The molecule has 8 heteroatoms. The van der Waals surface area contributed by atoms with Gasteiger partial charge in [0.15, 0.2) is 17.3 Å². The van der Waals surface area contributed by atoms with Crippen LogP contribution in [0.15, 0.2) is 63.8 Å². The number of fused-ring (bicyclic) bond motifs is 1. The first-order valence-corrected chi connectivity index (χ1v) is 8.76. The SMILES string of the molecule is O=c1c(OCc2cccc(F)c2)c(-c2ccc(O)c(O)c2)oc2cc(O)cc(O)c12. The predicted molar refractivity (Wildman–Crippen MR) is 105 cm³/mol. The van der Waals surface area contributed by atoms with Crippen molar-refractivity contribution in [2.75, 3.05) is 0 Å². The molecule has 4 rings (SSSR count). The van der Waals surface area contributed by atoms with Gasteiger partial charge in [-0.25, -0.2) is 4.39 Å². The van der Waals surface area contributed by atoms with Crippen molar-refractivity contribution in [3.63, 3.8) is 0 Å². The van der Waals surface area contributed by atoms with Gasteiger partial charge in [-0.2, -0.15) is 0 Å². The van der Waals surface area contributed by atoms with Gasteiger partial charge >= 0.3 is 0 Å². The molecule has 4 N–H and O–H groups in total. The molecule has 0 fully saturated rings. The fraction of sp³-hybridized carbons (Fsp3) is 0.0455. The van der Waals surface area contributed by atoms with E-state index in [0.29, 0.717) is 5.56 Å². The van der Waals surface area contributed by atoms with Gasteiger partial charge in [0.05, 0.1) is 0 Å². The maximum atomic E-state index is 13.5. The summed E-state index contributed by atoms with van der Waals surface area (Å²) in [6.07, 6.45) is 0. The zero-order valence-electron chi connectivity index (χ0n) is 15.3. The van der Waals surface area contributed by atoms with E-state index in [9.17, 15) is 29.6 Å². The average molecular weight is 410 g/mol. The Morgan fingerprint density at radius 2 is 1.70 bits per heavy atom. The van der Waals surface area contributed by atoms with Crippen molar-refractivity contribution in [2.24, 2.45) is 0 Å². The molecule has 0 bridgehead atoms. The van der Waals surface area contributed by atoms with Gasteiger partial charge in [-0.05, 0) is 35.9 Å². The summed E-state index contributed by atoms with van der Waals surface area (Å²) < 4.78 is 24.8. The van der Waals surface area contributed by atoms with Gasteiger partial charge in [0.25, 0.3) is 0 Å². The summed E-state index contributed by atoms with van der Waals surface area (Å²) in [7, 11) is 0. The summed E-state index contributed by atoms with van der Waals surface area (Å²) in [5.74, 6) is -2.53. The molecule has 7 nitrogen and oxygen atoms in total. The molecule has 1 heterocycles. The minimum Gasteiger partial charge on any atom is -0.508 e. The number of hydrogen-bond donors (Lipinski definition) is 4. The lowest BCUT2D eigenvalue weighted by Crippen LogP contribution is -2.10. The van der Waals surface area contributed by atoms with Gasteiger partial charge in [0, 0.05) is 17.7 Å². The lowest BCUT2D eigenvalue weighted by Gasteiger charge is -2.13. The number of rotatable bonds is 4. The third kappa shape index (κ3) is 3.46. The molecule has 0 aliphatic carbocycles. The summed E-state index contributed by atoms with van der Waals surface area (Å²) in [6, 6.07) is 11.5. The number of benzene rings is 3. The number of phenols is 4. The molecule has 0 spiro atoms. The van der Waals surface area contributed by atoms with E-state index in [2.05, 4.69) is 0 Å². The van der Waals surface area contributed by atoms with Crippen LogP contribution < -0.4 is 10.2 Å². The molecule has 0 aliphatic rings. The minimum absolute atomic E-state index is 0.107. The maximum Gasteiger partial charge on any atom is 0.239 e. The van der Waals surface area contributed by atoms with E-state index < -0.39 is 22.7 Å². The van der Waals surface area contributed by atoms with E-state index in [-0.39, 0.29) is 46.1 Å². The Labute approximate surface area is 168 Å². The van der Waals surface area contributed by atoms with Crippen LogP contribution in [0.5, 0.6) is 28.7 Å². The second-order valence-electron chi connectivity index (χ2n) is 6.55. The first kappa shape index (κ1) is 19.1. The Balaban J connectivity index is 1.91. The standard InChI is InChI=1S/C22H15FO7/c23-13-3-1-2-11(6-13)10-29-22-20(28)19-17(27)8-14(24)9-18(19)30-21(22)12-4-5-15(25)16(26)7-12/h1-9,24-27H,10H2. The third-order valence-corrected chi connectivity index (χ3v) is 4.43. The van der Waals surface area contributed by atoms with Crippen LogP contribution in [0.3, 0.4) is 0 Å². The molecular formula is C22H15FO7. The normalized spacial score (nSPS) is 11.0. The van der Waals surface area contributed by atoms with Crippen molar-refractivity contribution in [1.29, 1.82) is 0 Å². The van der Waals surface area contributed by atoms with Crippen LogP contribution >= 0.6 is 0 Å². The molecule has 30 heavy (non-hydrogen) atoms. The second kappa shape index (κ2) is 7.32. The molecule has 0 radical (unpaired) electrons. The van der Waals surface area contributed by atoms with Gasteiger partial charge in [-0.15, -0.1) is 0 Å². The third-order valence-electron chi connectivity index (χ3n) is 4.43. The Morgan fingerprint density at radius 1 is 0.900 bits per heavy atom. The first-order valence-electron chi connectivity index (χ1n) is 8.76. The molecule has 4 aromatic rings. The van der Waals surface area contributed by atoms with Gasteiger partial charge in [0.2, 0.25) is 11.2 Å². The second-order valence-corrected chi connectivity index (χ2v) is 6.55. The largest absolute Gasteiger partial charge is 0.508 e. The van der Waals surface area contributed by atoms with Crippen LogP contribution in [0.4, 0.5) is 4.39 Å². The van der Waals surface area contributed by atoms with Gasteiger partial charge < -0.3 is 29.6 Å². The van der Waals surface area contributed by atoms with E-state index in [1.54, 1.807) is 6.07 Å². The highest BCUT2D eigenvalue weighted by atomic mass is 19.1. The Morgan fingerprint density at radius 3 is 2.43 bits per heavy atom. The van der Waals surface area contributed by atoms with Crippen molar-refractivity contribution in [3.05, 3.63) is 76.2 Å². The molecule has 0 amide bonds. The zero-order chi connectivity index (χ0) is 21.4. The molecule has 152 valence electrons. The van der Waals surface area contributed by atoms with Crippen LogP contribution in [0.1, 0.15) is 5.56 Å². The number of phenolic OH excluding ortho intramolecular Hbond substituents is 4. The number of hydrogen-bond acceptors (Lipinski definition) is 7. The lowest BCUT2D eigenvalue weighted by atomic mass is 10.1. The summed E-state index contributed by atoms with van der Waals surface area (Å²) >= 11 is 0. The summed E-state index contributed by atoms with van der Waals surface area (Å²) in [5.41, 5.74) is -0.198.